The first-order valence-corrected chi connectivity index (χ1v) is 14.9. The van der Waals surface area contributed by atoms with Crippen molar-refractivity contribution < 1.29 is 33.3 Å². The highest BCUT2D eigenvalue weighted by molar-refractivity contribution is 7.07. The summed E-state index contributed by atoms with van der Waals surface area (Å²) in [5.74, 6) is 0.0175. The summed E-state index contributed by atoms with van der Waals surface area (Å²) in [5, 5.41) is 9.53. The molecular formula is C32H29ClN2O8S. The summed E-state index contributed by atoms with van der Waals surface area (Å²) >= 11 is 7.16. The van der Waals surface area contributed by atoms with E-state index in [1.165, 1.54) is 23.8 Å². The fourth-order valence-corrected chi connectivity index (χ4v) is 6.09. The number of aromatic carboxylic acids is 1. The van der Waals surface area contributed by atoms with E-state index in [0.29, 0.717) is 49.2 Å². The first-order chi connectivity index (χ1) is 21.0. The third kappa shape index (κ3) is 5.93. The number of methoxy groups -OCH3 is 1. The number of carbonyl (C=O) groups excluding carboxylic acids is 1. The summed E-state index contributed by atoms with van der Waals surface area (Å²) in [7, 11) is 1.52. The van der Waals surface area contributed by atoms with Crippen LogP contribution in [0, 0.1) is 0 Å². The molecule has 0 saturated heterocycles. The largest absolute Gasteiger partial charge is 0.493 e. The molecule has 1 N–H and O–H groups in total. The number of allylic oxidation sites excluding steroid dienone is 1. The van der Waals surface area contributed by atoms with Crippen molar-refractivity contribution in [3.05, 3.63) is 101 Å². The number of carboxylic acids is 1. The van der Waals surface area contributed by atoms with Crippen LogP contribution in [-0.4, -0.2) is 41.4 Å². The Balaban J connectivity index is 1.63. The first-order valence-electron chi connectivity index (χ1n) is 13.7. The van der Waals surface area contributed by atoms with E-state index in [4.69, 9.17) is 30.2 Å². The third-order valence-corrected chi connectivity index (χ3v) is 8.08. The number of ether oxygens (including phenoxy) is 3. The van der Waals surface area contributed by atoms with Crippen LogP contribution in [0.3, 0.4) is 0 Å². The normalized spacial score (nSPS) is 14.8. The average molecular weight is 637 g/mol. The highest BCUT2D eigenvalue weighted by Gasteiger charge is 2.34. The van der Waals surface area contributed by atoms with Gasteiger partial charge in [0.15, 0.2) is 16.3 Å². The molecule has 0 fully saturated rings. The van der Waals surface area contributed by atoms with Crippen molar-refractivity contribution in [2.75, 3.05) is 13.7 Å². The Morgan fingerprint density at radius 2 is 1.93 bits per heavy atom. The van der Waals surface area contributed by atoms with E-state index >= 15 is 0 Å². The summed E-state index contributed by atoms with van der Waals surface area (Å²) in [4.78, 5) is 43.7. The van der Waals surface area contributed by atoms with Crippen molar-refractivity contribution in [2.45, 2.75) is 39.8 Å². The van der Waals surface area contributed by atoms with Crippen LogP contribution in [0.25, 0.3) is 17.4 Å². The smallest absolute Gasteiger partial charge is 0.338 e. The Hall–Kier alpha value is -4.61. The van der Waals surface area contributed by atoms with Gasteiger partial charge in [-0.2, -0.15) is 0 Å². The molecule has 1 aliphatic heterocycles. The van der Waals surface area contributed by atoms with Crippen molar-refractivity contribution in [3.63, 3.8) is 0 Å². The Morgan fingerprint density at radius 3 is 2.61 bits per heavy atom. The zero-order chi connectivity index (χ0) is 31.7. The molecule has 12 heteroatoms. The number of halogens is 1. The number of thiazole rings is 1. The van der Waals surface area contributed by atoms with Crippen molar-refractivity contribution in [1.29, 1.82) is 0 Å². The molecule has 228 valence electrons. The predicted octanol–water partition coefficient (Wildman–Crippen LogP) is 5.21. The van der Waals surface area contributed by atoms with E-state index in [9.17, 15) is 19.5 Å². The van der Waals surface area contributed by atoms with Crippen LogP contribution in [-0.2, 0) is 9.53 Å². The number of hydrogen-bond donors (Lipinski definition) is 1. The molecule has 3 heterocycles. The number of carbonyl (C=O) groups is 2. The Bertz CT molecular complexity index is 1990. The Morgan fingerprint density at radius 1 is 1.16 bits per heavy atom. The summed E-state index contributed by atoms with van der Waals surface area (Å²) < 4.78 is 24.6. The second-order valence-corrected chi connectivity index (χ2v) is 11.5. The van der Waals surface area contributed by atoms with E-state index in [0.717, 1.165) is 11.3 Å². The summed E-state index contributed by atoms with van der Waals surface area (Å²) in [6.45, 7) is 7.38. The van der Waals surface area contributed by atoms with E-state index in [2.05, 4.69) is 4.99 Å². The molecule has 44 heavy (non-hydrogen) atoms. The van der Waals surface area contributed by atoms with Gasteiger partial charge >= 0.3 is 11.9 Å². The van der Waals surface area contributed by atoms with Crippen LogP contribution in [0.15, 0.2) is 74.0 Å². The van der Waals surface area contributed by atoms with Crippen LogP contribution < -0.4 is 24.4 Å². The minimum atomic E-state index is -1.16. The van der Waals surface area contributed by atoms with Gasteiger partial charge in [0.25, 0.3) is 5.56 Å². The van der Waals surface area contributed by atoms with Crippen molar-refractivity contribution in [3.8, 4) is 22.8 Å². The molecular weight excluding hydrogens is 608 g/mol. The van der Waals surface area contributed by atoms with E-state index in [-0.39, 0.29) is 34.4 Å². The van der Waals surface area contributed by atoms with Gasteiger partial charge in [-0.15, -0.1) is 0 Å². The number of nitrogens with zero attached hydrogens (tertiary/aromatic N) is 2. The van der Waals surface area contributed by atoms with Crippen LogP contribution in [0.4, 0.5) is 0 Å². The lowest BCUT2D eigenvalue weighted by molar-refractivity contribution is -0.139. The fourth-order valence-electron chi connectivity index (χ4n) is 4.87. The van der Waals surface area contributed by atoms with Gasteiger partial charge in [0.1, 0.15) is 11.5 Å². The summed E-state index contributed by atoms with van der Waals surface area (Å²) in [6, 6.07) is 12.3. The zero-order valence-corrected chi connectivity index (χ0v) is 26.1. The van der Waals surface area contributed by atoms with Gasteiger partial charge < -0.3 is 23.7 Å². The molecule has 2 aromatic carbocycles. The summed E-state index contributed by atoms with van der Waals surface area (Å²) in [6.07, 6.45) is 1.49. The van der Waals surface area contributed by atoms with Crippen LogP contribution in [0.5, 0.6) is 11.5 Å². The molecule has 0 aliphatic carbocycles. The maximum atomic E-state index is 14.0. The number of furan rings is 1. The third-order valence-electron chi connectivity index (χ3n) is 6.76. The lowest BCUT2D eigenvalue weighted by Crippen LogP contribution is -2.40. The summed E-state index contributed by atoms with van der Waals surface area (Å²) in [5.41, 5.74) is 1.36. The van der Waals surface area contributed by atoms with Gasteiger partial charge in [-0.25, -0.2) is 14.6 Å². The number of aromatic nitrogens is 1. The quantitative estimate of drug-likeness (QED) is 0.248. The van der Waals surface area contributed by atoms with Crippen molar-refractivity contribution in [2.24, 2.45) is 4.99 Å². The first kappa shape index (κ1) is 30.8. The predicted molar refractivity (Wildman–Crippen MR) is 165 cm³/mol. The fraction of sp³-hybridized carbons (Fsp3) is 0.250. The number of benzene rings is 2. The van der Waals surface area contributed by atoms with Crippen molar-refractivity contribution in [1.82, 2.24) is 4.57 Å². The lowest BCUT2D eigenvalue weighted by atomic mass is 9.95. The second-order valence-electron chi connectivity index (χ2n) is 10.1. The minimum Gasteiger partial charge on any atom is -0.493 e. The maximum absolute atomic E-state index is 14.0. The average Bonchev–Trinajstić information content (AvgIpc) is 3.56. The van der Waals surface area contributed by atoms with Gasteiger partial charge in [0, 0.05) is 11.6 Å². The van der Waals surface area contributed by atoms with Crippen LogP contribution in [0.1, 0.15) is 55.4 Å². The molecule has 5 rings (SSSR count). The number of esters is 1. The van der Waals surface area contributed by atoms with E-state index < -0.39 is 18.0 Å². The second kappa shape index (κ2) is 12.6. The molecule has 0 unspecified atom stereocenters. The van der Waals surface area contributed by atoms with Crippen LogP contribution in [0.2, 0.25) is 5.02 Å². The highest BCUT2D eigenvalue weighted by atomic mass is 35.5. The monoisotopic (exact) mass is 636 g/mol. The van der Waals surface area contributed by atoms with Crippen molar-refractivity contribution >= 4 is 41.0 Å². The molecule has 1 aliphatic rings. The van der Waals surface area contributed by atoms with Gasteiger partial charge in [-0.3, -0.25) is 9.36 Å². The Kier molecular flexibility index (Phi) is 8.80. The zero-order valence-electron chi connectivity index (χ0n) is 24.5. The molecule has 0 radical (unpaired) electrons. The molecule has 0 saturated carbocycles. The number of fused-ring (bicyclic) bond motifs is 1. The topological polar surface area (TPSA) is 130 Å². The van der Waals surface area contributed by atoms with Crippen LogP contribution >= 0.6 is 22.9 Å². The molecule has 0 spiro atoms. The number of hydrogen-bond acceptors (Lipinski definition) is 9. The van der Waals surface area contributed by atoms with E-state index in [1.807, 2.05) is 13.8 Å². The number of carboxylic acid groups (broad SMARTS) is 1. The maximum Gasteiger partial charge on any atom is 0.338 e. The lowest BCUT2D eigenvalue weighted by Gasteiger charge is -2.25. The molecule has 2 aromatic heterocycles. The molecule has 0 bridgehead atoms. The molecule has 4 aromatic rings. The standard InChI is InChI=1S/C32H29ClN2O8S/c1-6-41-31(39)27-17(4)34-32-35(28(27)19-8-11-24(42-16(2)3)25(14-19)40-5)29(36)26(44-32)15-20-9-12-23(43-20)18-7-10-22(33)21(13-18)30(37)38/h7-16,28H,6H2,1-5H3,(H,37,38)/b26-15+/t28-/m1/s1. The highest BCUT2D eigenvalue weighted by Crippen LogP contribution is 2.36. The minimum absolute atomic E-state index is 0.0522. The molecule has 1 atom stereocenters. The number of rotatable bonds is 9. The SMILES string of the molecule is CCOC(=O)C1=C(C)N=c2s/c(=C/c3ccc(-c4ccc(Cl)c(C(=O)O)c4)o3)c(=O)n2[C@@H]1c1ccc(OC(C)C)c(OC)c1. The van der Waals surface area contributed by atoms with Gasteiger partial charge in [-0.1, -0.05) is 29.0 Å². The van der Waals surface area contributed by atoms with Gasteiger partial charge in [-0.05, 0) is 75.7 Å². The van der Waals surface area contributed by atoms with Gasteiger partial charge in [0.2, 0.25) is 0 Å². The Labute approximate surface area is 261 Å². The molecule has 10 nitrogen and oxygen atoms in total. The van der Waals surface area contributed by atoms with E-state index in [1.54, 1.807) is 56.3 Å². The molecule has 0 amide bonds. The van der Waals surface area contributed by atoms with Gasteiger partial charge in [0.05, 0.1) is 52.3 Å².